The molecular weight excluding hydrogens is 262 g/mol. The maximum absolute atomic E-state index is 12.3. The van der Waals surface area contributed by atoms with E-state index >= 15 is 0 Å². The molecule has 0 atom stereocenters. The van der Waals surface area contributed by atoms with Crippen LogP contribution in [0.3, 0.4) is 0 Å². The Hall–Kier alpha value is -2.01. The van der Waals surface area contributed by atoms with Gasteiger partial charge in [0.15, 0.2) is 9.84 Å². The molecule has 0 aliphatic carbocycles. The minimum absolute atomic E-state index is 0.0528. The van der Waals surface area contributed by atoms with Crippen LogP contribution < -0.4 is 5.73 Å². The van der Waals surface area contributed by atoms with Crippen molar-refractivity contribution in [3.05, 3.63) is 53.6 Å². The first kappa shape index (κ1) is 13.4. The molecule has 19 heavy (non-hydrogen) atoms. The number of hydrogen-bond acceptors (Lipinski definition) is 4. The number of aryl methyl sites for hydroxylation is 1. The summed E-state index contributed by atoms with van der Waals surface area (Å²) in [5, 5.41) is 9.36. The summed E-state index contributed by atoms with van der Waals surface area (Å²) in [4.78, 5) is 0.232. The minimum atomic E-state index is -3.47. The lowest BCUT2D eigenvalue weighted by molar-refractivity contribution is 0.475. The van der Waals surface area contributed by atoms with E-state index in [0.717, 1.165) is 0 Å². The Morgan fingerprint density at radius 3 is 2.58 bits per heavy atom. The first-order chi connectivity index (χ1) is 8.88. The molecule has 0 amide bonds. The number of rotatable bonds is 3. The Morgan fingerprint density at radius 2 is 1.89 bits per heavy atom. The SMILES string of the molecule is Cc1ccc(N)cc1S(=O)(=O)Cc1cccc(O)c1. The lowest BCUT2D eigenvalue weighted by Crippen LogP contribution is -2.07. The Morgan fingerprint density at radius 1 is 1.16 bits per heavy atom. The van der Waals surface area contributed by atoms with Crippen LogP contribution in [0.2, 0.25) is 0 Å². The number of nitrogens with two attached hydrogens (primary N) is 1. The average Bonchev–Trinajstić information content (AvgIpc) is 2.31. The number of anilines is 1. The fraction of sp³-hybridized carbons (Fsp3) is 0.143. The van der Waals surface area contributed by atoms with Gasteiger partial charge in [0.05, 0.1) is 10.6 Å². The van der Waals surface area contributed by atoms with Crippen LogP contribution in [0.15, 0.2) is 47.4 Å². The summed E-state index contributed by atoms with van der Waals surface area (Å²) in [5.74, 6) is -0.108. The smallest absolute Gasteiger partial charge is 0.182 e. The minimum Gasteiger partial charge on any atom is -0.508 e. The molecule has 0 spiro atoms. The predicted octanol–water partition coefficient (Wildman–Crippen LogP) is 2.26. The van der Waals surface area contributed by atoms with Crippen molar-refractivity contribution < 1.29 is 13.5 Å². The zero-order chi connectivity index (χ0) is 14.0. The number of aromatic hydroxyl groups is 1. The second-order valence-electron chi connectivity index (χ2n) is 4.45. The highest BCUT2D eigenvalue weighted by Crippen LogP contribution is 2.23. The fourth-order valence-corrected chi connectivity index (χ4v) is 3.54. The predicted molar refractivity (Wildman–Crippen MR) is 74.6 cm³/mol. The molecular formula is C14H15NO3S. The maximum Gasteiger partial charge on any atom is 0.182 e. The topological polar surface area (TPSA) is 80.4 Å². The van der Waals surface area contributed by atoms with Gasteiger partial charge in [-0.05, 0) is 42.3 Å². The van der Waals surface area contributed by atoms with E-state index < -0.39 is 9.84 Å². The van der Waals surface area contributed by atoms with Gasteiger partial charge >= 0.3 is 0 Å². The van der Waals surface area contributed by atoms with Crippen LogP contribution in [-0.2, 0) is 15.6 Å². The number of phenols is 1. The molecule has 0 aliphatic heterocycles. The average molecular weight is 277 g/mol. The monoisotopic (exact) mass is 277 g/mol. The van der Waals surface area contributed by atoms with E-state index in [4.69, 9.17) is 5.73 Å². The third kappa shape index (κ3) is 3.06. The van der Waals surface area contributed by atoms with Gasteiger partial charge in [-0.25, -0.2) is 8.42 Å². The molecule has 0 bridgehead atoms. The highest BCUT2D eigenvalue weighted by Gasteiger charge is 2.18. The van der Waals surface area contributed by atoms with E-state index in [9.17, 15) is 13.5 Å². The molecule has 100 valence electrons. The third-order valence-electron chi connectivity index (χ3n) is 2.81. The van der Waals surface area contributed by atoms with Gasteiger partial charge in [-0.15, -0.1) is 0 Å². The molecule has 0 saturated carbocycles. The highest BCUT2D eigenvalue weighted by atomic mass is 32.2. The summed E-state index contributed by atoms with van der Waals surface area (Å²) >= 11 is 0. The van der Waals surface area contributed by atoms with Gasteiger partial charge in [0, 0.05) is 5.69 Å². The Balaban J connectivity index is 2.40. The van der Waals surface area contributed by atoms with Crippen molar-refractivity contribution in [3.8, 4) is 5.75 Å². The zero-order valence-electron chi connectivity index (χ0n) is 10.5. The van der Waals surface area contributed by atoms with E-state index in [1.807, 2.05) is 0 Å². The zero-order valence-corrected chi connectivity index (χ0v) is 11.3. The largest absolute Gasteiger partial charge is 0.508 e. The summed E-state index contributed by atoms with van der Waals surface area (Å²) in [6.07, 6.45) is 0. The first-order valence-corrected chi connectivity index (χ1v) is 7.40. The summed E-state index contributed by atoms with van der Waals surface area (Å²) in [5.41, 5.74) is 7.26. The molecule has 0 aliphatic rings. The van der Waals surface area contributed by atoms with Crippen LogP contribution in [0.25, 0.3) is 0 Å². The Bertz CT molecular complexity index is 708. The number of phenolic OH excluding ortho intramolecular Hbond substituents is 1. The molecule has 0 saturated heterocycles. The van der Waals surface area contributed by atoms with Crippen LogP contribution in [0.4, 0.5) is 5.69 Å². The van der Waals surface area contributed by atoms with Gasteiger partial charge in [-0.1, -0.05) is 18.2 Å². The summed E-state index contributed by atoms with van der Waals surface area (Å²) in [7, 11) is -3.47. The van der Waals surface area contributed by atoms with Gasteiger partial charge in [0.25, 0.3) is 0 Å². The number of sulfone groups is 1. The second kappa shape index (κ2) is 4.93. The summed E-state index contributed by atoms with van der Waals surface area (Å²) in [6.45, 7) is 1.73. The quantitative estimate of drug-likeness (QED) is 0.843. The van der Waals surface area contributed by atoms with Crippen LogP contribution in [0, 0.1) is 6.92 Å². The molecule has 5 heteroatoms. The normalized spacial score (nSPS) is 11.4. The Kier molecular flexibility index (Phi) is 3.48. The van der Waals surface area contributed by atoms with Crippen molar-refractivity contribution in [1.29, 1.82) is 0 Å². The van der Waals surface area contributed by atoms with Gasteiger partial charge < -0.3 is 10.8 Å². The van der Waals surface area contributed by atoms with E-state index in [2.05, 4.69) is 0 Å². The molecule has 0 fully saturated rings. The van der Waals surface area contributed by atoms with Crippen molar-refractivity contribution >= 4 is 15.5 Å². The van der Waals surface area contributed by atoms with Crippen LogP contribution in [0.1, 0.15) is 11.1 Å². The van der Waals surface area contributed by atoms with Crippen LogP contribution >= 0.6 is 0 Å². The molecule has 2 aromatic carbocycles. The highest BCUT2D eigenvalue weighted by molar-refractivity contribution is 7.90. The van der Waals surface area contributed by atoms with Crippen molar-refractivity contribution in [1.82, 2.24) is 0 Å². The molecule has 0 unspecified atom stereocenters. The van der Waals surface area contributed by atoms with Gasteiger partial charge in [-0.3, -0.25) is 0 Å². The van der Waals surface area contributed by atoms with E-state index in [1.54, 1.807) is 31.2 Å². The van der Waals surface area contributed by atoms with Crippen LogP contribution in [0.5, 0.6) is 5.75 Å². The van der Waals surface area contributed by atoms with Crippen molar-refractivity contribution in [2.24, 2.45) is 0 Å². The van der Waals surface area contributed by atoms with E-state index in [0.29, 0.717) is 16.8 Å². The van der Waals surface area contributed by atoms with Crippen LogP contribution in [-0.4, -0.2) is 13.5 Å². The Labute approximate surface area is 112 Å². The molecule has 3 N–H and O–H groups in total. The fourth-order valence-electron chi connectivity index (χ4n) is 1.90. The van der Waals surface area contributed by atoms with Crippen molar-refractivity contribution in [3.63, 3.8) is 0 Å². The lowest BCUT2D eigenvalue weighted by Gasteiger charge is -2.09. The molecule has 2 aromatic rings. The second-order valence-corrected chi connectivity index (χ2v) is 6.41. The number of benzene rings is 2. The molecule has 0 radical (unpaired) electrons. The lowest BCUT2D eigenvalue weighted by atomic mass is 10.2. The number of hydrogen-bond donors (Lipinski definition) is 2. The van der Waals surface area contributed by atoms with Crippen molar-refractivity contribution in [2.75, 3.05) is 5.73 Å². The van der Waals surface area contributed by atoms with Gasteiger partial charge in [-0.2, -0.15) is 0 Å². The van der Waals surface area contributed by atoms with E-state index in [1.165, 1.54) is 18.2 Å². The molecule has 0 aromatic heterocycles. The van der Waals surface area contributed by atoms with Gasteiger partial charge in [0.2, 0.25) is 0 Å². The van der Waals surface area contributed by atoms with Gasteiger partial charge in [0.1, 0.15) is 5.75 Å². The standard InChI is InChI=1S/C14H15NO3S/c1-10-5-6-12(15)8-14(10)19(17,18)9-11-3-2-4-13(16)7-11/h2-8,16H,9,15H2,1H3. The van der Waals surface area contributed by atoms with E-state index in [-0.39, 0.29) is 16.4 Å². The summed E-state index contributed by atoms with van der Waals surface area (Å²) < 4.78 is 24.7. The van der Waals surface area contributed by atoms with Crippen molar-refractivity contribution in [2.45, 2.75) is 17.6 Å². The summed E-state index contributed by atoms with van der Waals surface area (Å²) in [6, 6.07) is 11.0. The first-order valence-electron chi connectivity index (χ1n) is 5.75. The third-order valence-corrected chi connectivity index (χ3v) is 4.64. The molecule has 4 nitrogen and oxygen atoms in total. The number of nitrogen functional groups attached to an aromatic ring is 1. The molecule has 2 rings (SSSR count). The maximum atomic E-state index is 12.3. The molecule has 0 heterocycles.